The van der Waals surface area contributed by atoms with Gasteiger partial charge in [0.1, 0.15) is 0 Å². The summed E-state index contributed by atoms with van der Waals surface area (Å²) in [7, 11) is 3.70. The van der Waals surface area contributed by atoms with E-state index >= 15 is 0 Å². The van der Waals surface area contributed by atoms with E-state index in [-0.39, 0.29) is 0 Å². The number of rotatable bonds is 4. The lowest BCUT2D eigenvalue weighted by atomic mass is 10.1. The number of carbonyl (C=O) groups is 1. The summed E-state index contributed by atoms with van der Waals surface area (Å²) in [6, 6.07) is 6.52. The van der Waals surface area contributed by atoms with Crippen LogP contribution in [-0.2, 0) is 0 Å². The molecule has 1 aromatic carbocycles. The van der Waals surface area contributed by atoms with Crippen LogP contribution in [0.15, 0.2) is 24.3 Å². The van der Waals surface area contributed by atoms with E-state index in [2.05, 4.69) is 0 Å². The Balaban J connectivity index is 2.64. The van der Waals surface area contributed by atoms with Crippen LogP contribution >= 0.6 is 0 Å². The zero-order valence-electron chi connectivity index (χ0n) is 9.71. The summed E-state index contributed by atoms with van der Waals surface area (Å²) in [5, 5.41) is 0. The Labute approximate surface area is 98.0 Å². The van der Waals surface area contributed by atoms with Crippen LogP contribution in [0.5, 0.6) is 0 Å². The van der Waals surface area contributed by atoms with Crippen LogP contribution < -0.4 is 4.90 Å². The number of carbonyl (C=O) groups excluding carboxylic acids is 1. The Morgan fingerprint density at radius 3 is 2.12 bits per heavy atom. The van der Waals surface area contributed by atoms with Crippen molar-refractivity contribution in [2.75, 3.05) is 19.0 Å². The minimum atomic E-state index is -4.28. The van der Waals surface area contributed by atoms with Gasteiger partial charge >= 0.3 is 6.18 Å². The second-order valence-electron chi connectivity index (χ2n) is 3.98. The molecule has 0 aliphatic carbocycles. The van der Waals surface area contributed by atoms with Gasteiger partial charge in [0, 0.05) is 31.8 Å². The topological polar surface area (TPSA) is 20.3 Å². The average Bonchev–Trinajstić information content (AvgIpc) is 2.25. The molecule has 5 heteroatoms. The Bertz CT molecular complexity index is 382. The molecule has 17 heavy (non-hydrogen) atoms. The molecular weight excluding hydrogens is 231 g/mol. The molecule has 1 rings (SSSR count). The lowest BCUT2D eigenvalue weighted by molar-refractivity contribution is -0.133. The van der Waals surface area contributed by atoms with Crippen molar-refractivity contribution in [1.29, 1.82) is 0 Å². The highest BCUT2D eigenvalue weighted by Crippen LogP contribution is 2.23. The number of halogens is 3. The lowest BCUT2D eigenvalue weighted by Crippen LogP contribution is -2.11. The Morgan fingerprint density at radius 2 is 1.71 bits per heavy atom. The van der Waals surface area contributed by atoms with E-state index in [9.17, 15) is 18.0 Å². The number of hydrogen-bond acceptors (Lipinski definition) is 2. The number of hydrogen-bond donors (Lipinski definition) is 0. The standard InChI is InChI=1S/C12H14F3NO/c1-16(2)10-5-3-9(4-6-10)11(17)7-8-12(13,14)15/h3-6H,7-8H2,1-2H3. The summed E-state index contributed by atoms with van der Waals surface area (Å²) in [5.41, 5.74) is 1.22. The summed E-state index contributed by atoms with van der Waals surface area (Å²) in [5.74, 6) is -0.479. The molecule has 2 nitrogen and oxygen atoms in total. The van der Waals surface area contributed by atoms with Crippen molar-refractivity contribution in [3.63, 3.8) is 0 Å². The van der Waals surface area contributed by atoms with Crippen molar-refractivity contribution in [2.24, 2.45) is 0 Å². The molecule has 0 aromatic heterocycles. The summed E-state index contributed by atoms with van der Waals surface area (Å²) in [4.78, 5) is 13.3. The zero-order chi connectivity index (χ0) is 13.1. The maximum Gasteiger partial charge on any atom is 0.389 e. The smallest absolute Gasteiger partial charge is 0.378 e. The fourth-order valence-corrected chi connectivity index (χ4v) is 1.35. The number of benzene rings is 1. The van der Waals surface area contributed by atoms with E-state index in [1.807, 2.05) is 19.0 Å². The molecule has 0 heterocycles. The number of nitrogens with zero attached hydrogens (tertiary/aromatic N) is 1. The van der Waals surface area contributed by atoms with E-state index in [1.54, 1.807) is 24.3 Å². The van der Waals surface area contributed by atoms with E-state index in [0.717, 1.165) is 5.69 Å². The first-order valence-electron chi connectivity index (χ1n) is 5.17. The van der Waals surface area contributed by atoms with Crippen molar-refractivity contribution in [3.05, 3.63) is 29.8 Å². The van der Waals surface area contributed by atoms with Gasteiger partial charge in [0.05, 0.1) is 6.42 Å². The number of alkyl halides is 3. The van der Waals surface area contributed by atoms with Gasteiger partial charge in [-0.2, -0.15) is 13.2 Å². The van der Waals surface area contributed by atoms with Crippen molar-refractivity contribution < 1.29 is 18.0 Å². The fraction of sp³-hybridized carbons (Fsp3) is 0.417. The first-order chi connectivity index (χ1) is 7.79. The second kappa shape index (κ2) is 5.21. The van der Waals surface area contributed by atoms with Crippen LogP contribution in [0.3, 0.4) is 0 Å². The summed E-state index contributed by atoms with van der Waals surface area (Å²) in [6.45, 7) is 0. The number of anilines is 1. The molecule has 0 aliphatic rings. The zero-order valence-corrected chi connectivity index (χ0v) is 9.71. The molecule has 0 N–H and O–H groups in total. The second-order valence-corrected chi connectivity index (χ2v) is 3.98. The van der Waals surface area contributed by atoms with E-state index in [4.69, 9.17) is 0 Å². The third-order valence-corrected chi connectivity index (χ3v) is 2.34. The molecule has 0 amide bonds. The molecule has 0 spiro atoms. The summed E-state index contributed by atoms with van der Waals surface area (Å²) in [6.07, 6.45) is -5.84. The quantitative estimate of drug-likeness (QED) is 0.759. The molecule has 0 fully saturated rings. The highest BCUT2D eigenvalue weighted by molar-refractivity contribution is 5.96. The predicted molar refractivity (Wildman–Crippen MR) is 60.4 cm³/mol. The first kappa shape index (κ1) is 13.5. The lowest BCUT2D eigenvalue weighted by Gasteiger charge is -2.12. The fourth-order valence-electron chi connectivity index (χ4n) is 1.35. The molecule has 0 unspecified atom stereocenters. The summed E-state index contributed by atoms with van der Waals surface area (Å²) < 4.78 is 35.8. The average molecular weight is 245 g/mol. The van der Waals surface area contributed by atoms with Crippen LogP contribution in [0.4, 0.5) is 18.9 Å². The van der Waals surface area contributed by atoms with Gasteiger partial charge in [-0.1, -0.05) is 0 Å². The molecule has 1 aromatic rings. The van der Waals surface area contributed by atoms with Gasteiger partial charge in [-0.3, -0.25) is 4.79 Å². The Morgan fingerprint density at radius 1 is 1.18 bits per heavy atom. The molecular formula is C12H14F3NO. The van der Waals surface area contributed by atoms with E-state index < -0.39 is 24.8 Å². The van der Waals surface area contributed by atoms with E-state index in [1.165, 1.54) is 0 Å². The number of ketones is 1. The highest BCUT2D eigenvalue weighted by atomic mass is 19.4. The van der Waals surface area contributed by atoms with E-state index in [0.29, 0.717) is 5.56 Å². The third kappa shape index (κ3) is 4.46. The van der Waals surface area contributed by atoms with Crippen LogP contribution in [0.2, 0.25) is 0 Å². The van der Waals surface area contributed by atoms with Crippen LogP contribution in [0, 0.1) is 0 Å². The summed E-state index contributed by atoms with van der Waals surface area (Å²) >= 11 is 0. The predicted octanol–water partition coefficient (Wildman–Crippen LogP) is 3.28. The maximum absolute atomic E-state index is 11.9. The maximum atomic E-state index is 11.9. The highest BCUT2D eigenvalue weighted by Gasteiger charge is 2.28. The Kier molecular flexibility index (Phi) is 4.15. The van der Waals surface area contributed by atoms with Gasteiger partial charge in [0.2, 0.25) is 0 Å². The minimum Gasteiger partial charge on any atom is -0.378 e. The van der Waals surface area contributed by atoms with Gasteiger partial charge in [-0.05, 0) is 24.3 Å². The molecule has 0 atom stereocenters. The molecule has 0 saturated heterocycles. The number of Topliss-reactive ketones (excluding diaryl/α,β-unsaturated/α-hetero) is 1. The third-order valence-electron chi connectivity index (χ3n) is 2.34. The van der Waals surface area contributed by atoms with Crippen molar-refractivity contribution in [3.8, 4) is 0 Å². The molecule has 94 valence electrons. The van der Waals surface area contributed by atoms with Gasteiger partial charge in [0.15, 0.2) is 5.78 Å². The van der Waals surface area contributed by atoms with Gasteiger partial charge < -0.3 is 4.90 Å². The molecule has 0 radical (unpaired) electrons. The van der Waals surface area contributed by atoms with Gasteiger partial charge in [0.25, 0.3) is 0 Å². The van der Waals surface area contributed by atoms with Crippen molar-refractivity contribution >= 4 is 11.5 Å². The monoisotopic (exact) mass is 245 g/mol. The first-order valence-corrected chi connectivity index (χ1v) is 5.17. The van der Waals surface area contributed by atoms with Crippen molar-refractivity contribution in [1.82, 2.24) is 0 Å². The SMILES string of the molecule is CN(C)c1ccc(C(=O)CCC(F)(F)F)cc1. The molecule has 0 aliphatic heterocycles. The van der Waals surface area contributed by atoms with Crippen molar-refractivity contribution in [2.45, 2.75) is 19.0 Å². The Hall–Kier alpha value is -1.52. The van der Waals surface area contributed by atoms with Gasteiger partial charge in [-0.25, -0.2) is 0 Å². The molecule has 0 saturated carbocycles. The van der Waals surface area contributed by atoms with Crippen LogP contribution in [0.25, 0.3) is 0 Å². The van der Waals surface area contributed by atoms with Gasteiger partial charge in [-0.15, -0.1) is 0 Å². The largest absolute Gasteiger partial charge is 0.389 e. The minimum absolute atomic E-state index is 0.319. The van der Waals surface area contributed by atoms with Crippen LogP contribution in [0.1, 0.15) is 23.2 Å². The van der Waals surface area contributed by atoms with Crippen LogP contribution in [-0.4, -0.2) is 26.1 Å². The normalized spacial score (nSPS) is 11.4. The molecule has 0 bridgehead atoms.